The number of carbonyl (C=O) groups excluding carboxylic acids is 1. The Morgan fingerprint density at radius 1 is 1.40 bits per heavy atom. The third kappa shape index (κ3) is 1.65. The normalized spacial score (nSPS) is 13.8. The summed E-state index contributed by atoms with van der Waals surface area (Å²) in [7, 11) is 0. The zero-order valence-electron chi connectivity index (χ0n) is 8.67. The summed E-state index contributed by atoms with van der Waals surface area (Å²) in [6, 6.07) is 5.90. The zero-order chi connectivity index (χ0) is 11.0. The van der Waals surface area contributed by atoms with Gasteiger partial charge in [0.1, 0.15) is 0 Å². The first-order valence-corrected chi connectivity index (χ1v) is 5.29. The number of hydrogen-bond acceptors (Lipinski definition) is 1. The molecule has 77 valence electrons. The average Bonchev–Trinajstić information content (AvgIpc) is 2.52. The van der Waals surface area contributed by atoms with E-state index in [0.717, 1.165) is 22.5 Å². The number of aryl methyl sites for hydroxylation is 1. The Labute approximate surface area is 93.9 Å². The number of carbonyl (C=O) groups is 1. The topological polar surface area (TPSA) is 31.2 Å². The minimum absolute atomic E-state index is 0.00950. The Morgan fingerprint density at radius 2 is 2.13 bits per heavy atom. The lowest BCUT2D eigenvalue weighted by molar-refractivity contribution is -0.111. The van der Waals surface area contributed by atoms with Crippen LogP contribution in [-0.4, -0.2) is 11.7 Å². The minimum atomic E-state index is -0.0535. The molecule has 1 aliphatic heterocycles. The minimum Gasteiger partial charge on any atom is -0.293 e. The fraction of sp³-hybridized carbons (Fsp3) is 0.250. The second kappa shape index (κ2) is 3.70. The van der Waals surface area contributed by atoms with E-state index in [-0.39, 0.29) is 11.7 Å². The van der Waals surface area contributed by atoms with Gasteiger partial charge in [-0.25, -0.2) is 0 Å². The maximum Gasteiger partial charge on any atom is 0.180 e. The maximum atomic E-state index is 11.6. The second-order valence-electron chi connectivity index (χ2n) is 3.65. The number of allylic oxidation sites excluding steroid dienone is 2. The Hall–Kier alpha value is -1.28. The maximum absolute atomic E-state index is 11.6. The molecule has 0 aliphatic carbocycles. The highest BCUT2D eigenvalue weighted by Gasteiger charge is 2.24. The standard InChI is InChI=1S/C12H11ClNO/c1-7-3-4-10-9(5-7)12(8(2)14-10)11(15)6-13/h3-5H,6H2,1-2H3. The van der Waals surface area contributed by atoms with Crippen LogP contribution in [-0.2, 0) is 4.79 Å². The van der Waals surface area contributed by atoms with Crippen molar-refractivity contribution in [3.8, 4) is 0 Å². The van der Waals surface area contributed by atoms with Gasteiger partial charge in [-0.2, -0.15) is 0 Å². The molecule has 1 heterocycles. The van der Waals surface area contributed by atoms with Crippen LogP contribution in [0.2, 0.25) is 0 Å². The van der Waals surface area contributed by atoms with Crippen molar-refractivity contribution in [3.63, 3.8) is 0 Å². The van der Waals surface area contributed by atoms with Gasteiger partial charge in [0.05, 0.1) is 11.6 Å². The number of nitrogens with zero attached hydrogens (tertiary/aromatic N) is 1. The van der Waals surface area contributed by atoms with Crippen molar-refractivity contribution in [3.05, 3.63) is 35.0 Å². The lowest BCUT2D eigenvalue weighted by atomic mass is 10.0. The van der Waals surface area contributed by atoms with Gasteiger partial charge in [-0.05, 0) is 26.0 Å². The van der Waals surface area contributed by atoms with E-state index in [1.54, 1.807) is 0 Å². The van der Waals surface area contributed by atoms with Crippen LogP contribution in [0, 0.1) is 6.92 Å². The highest BCUT2D eigenvalue weighted by atomic mass is 35.5. The summed E-state index contributed by atoms with van der Waals surface area (Å²) < 4.78 is 0. The van der Waals surface area contributed by atoms with Crippen LogP contribution < -0.4 is 5.32 Å². The van der Waals surface area contributed by atoms with Crippen molar-refractivity contribution in [2.24, 2.45) is 0 Å². The van der Waals surface area contributed by atoms with Gasteiger partial charge in [0.2, 0.25) is 0 Å². The molecule has 1 aromatic rings. The predicted molar refractivity (Wildman–Crippen MR) is 61.3 cm³/mol. The van der Waals surface area contributed by atoms with Crippen molar-refractivity contribution in [2.45, 2.75) is 13.8 Å². The van der Waals surface area contributed by atoms with Crippen LogP contribution in [0.5, 0.6) is 0 Å². The molecule has 1 radical (unpaired) electrons. The number of alkyl halides is 1. The van der Waals surface area contributed by atoms with Crippen molar-refractivity contribution in [1.29, 1.82) is 0 Å². The molecule has 0 unspecified atom stereocenters. The average molecular weight is 221 g/mol. The van der Waals surface area contributed by atoms with Gasteiger partial charge in [0.25, 0.3) is 0 Å². The summed E-state index contributed by atoms with van der Waals surface area (Å²) >= 11 is 5.58. The van der Waals surface area contributed by atoms with Crippen LogP contribution in [0.4, 0.5) is 5.69 Å². The molecular formula is C12H11ClNO. The number of benzene rings is 1. The summed E-state index contributed by atoms with van der Waals surface area (Å²) in [5.41, 5.74) is 4.34. The highest BCUT2D eigenvalue weighted by Crippen LogP contribution is 2.35. The van der Waals surface area contributed by atoms with Crippen molar-refractivity contribution >= 4 is 28.6 Å². The van der Waals surface area contributed by atoms with E-state index in [4.69, 9.17) is 11.6 Å². The van der Waals surface area contributed by atoms with Gasteiger partial charge < -0.3 is 0 Å². The molecule has 3 heteroatoms. The lowest BCUT2D eigenvalue weighted by Crippen LogP contribution is -2.03. The van der Waals surface area contributed by atoms with Crippen LogP contribution >= 0.6 is 11.6 Å². The van der Waals surface area contributed by atoms with E-state index in [9.17, 15) is 4.79 Å². The van der Waals surface area contributed by atoms with E-state index in [2.05, 4.69) is 5.32 Å². The van der Waals surface area contributed by atoms with Gasteiger partial charge in [-0.1, -0.05) is 11.6 Å². The SMILES string of the molecule is CC1=C(C(=O)CCl)c2cc(C)ccc2[N]1. The summed E-state index contributed by atoms with van der Waals surface area (Å²) in [5.74, 6) is -0.0440. The van der Waals surface area contributed by atoms with Gasteiger partial charge >= 0.3 is 0 Å². The number of ketones is 1. The molecule has 0 atom stereocenters. The molecule has 0 aromatic heterocycles. The first-order valence-electron chi connectivity index (χ1n) is 4.76. The lowest BCUT2D eigenvalue weighted by Gasteiger charge is -2.02. The first-order chi connectivity index (χ1) is 7.13. The van der Waals surface area contributed by atoms with E-state index in [0.29, 0.717) is 5.57 Å². The van der Waals surface area contributed by atoms with Gasteiger partial charge in [-0.3, -0.25) is 10.1 Å². The molecule has 0 fully saturated rings. The third-order valence-corrected chi connectivity index (χ3v) is 2.71. The highest BCUT2D eigenvalue weighted by molar-refractivity contribution is 6.38. The van der Waals surface area contributed by atoms with Crippen molar-refractivity contribution < 1.29 is 4.79 Å². The summed E-state index contributed by atoms with van der Waals surface area (Å²) in [6.07, 6.45) is 0. The van der Waals surface area contributed by atoms with Crippen LogP contribution in [0.3, 0.4) is 0 Å². The van der Waals surface area contributed by atoms with Gasteiger partial charge in [0, 0.05) is 16.8 Å². The largest absolute Gasteiger partial charge is 0.293 e. The molecule has 0 N–H and O–H groups in total. The van der Waals surface area contributed by atoms with E-state index >= 15 is 0 Å². The molecule has 2 nitrogen and oxygen atoms in total. The van der Waals surface area contributed by atoms with E-state index < -0.39 is 0 Å². The van der Waals surface area contributed by atoms with Crippen LogP contribution in [0.1, 0.15) is 18.1 Å². The van der Waals surface area contributed by atoms with Crippen molar-refractivity contribution in [1.82, 2.24) is 5.32 Å². The second-order valence-corrected chi connectivity index (χ2v) is 3.92. The number of fused-ring (bicyclic) bond motifs is 1. The van der Waals surface area contributed by atoms with Crippen LogP contribution in [0.25, 0.3) is 5.57 Å². The quantitative estimate of drug-likeness (QED) is 0.706. The number of Topliss-reactive ketones (excluding diaryl/α,β-unsaturated/α-hetero) is 1. The summed E-state index contributed by atoms with van der Waals surface area (Å²) in [5, 5.41) is 4.34. The third-order valence-electron chi connectivity index (χ3n) is 2.47. The fourth-order valence-corrected chi connectivity index (χ4v) is 1.93. The van der Waals surface area contributed by atoms with Crippen molar-refractivity contribution in [2.75, 3.05) is 5.88 Å². The molecule has 2 rings (SSSR count). The molecule has 1 aromatic carbocycles. The van der Waals surface area contributed by atoms with Gasteiger partial charge in [0.15, 0.2) is 5.78 Å². The Bertz CT molecular complexity index is 463. The Morgan fingerprint density at radius 3 is 2.80 bits per heavy atom. The molecule has 0 spiro atoms. The molecule has 1 aliphatic rings. The van der Waals surface area contributed by atoms with Crippen LogP contribution in [0.15, 0.2) is 23.9 Å². The molecule has 0 bridgehead atoms. The smallest absolute Gasteiger partial charge is 0.180 e. The zero-order valence-corrected chi connectivity index (χ0v) is 9.43. The molecular weight excluding hydrogens is 210 g/mol. The molecule has 0 saturated heterocycles. The number of halogens is 1. The molecule has 0 saturated carbocycles. The molecule has 15 heavy (non-hydrogen) atoms. The van der Waals surface area contributed by atoms with E-state index in [1.807, 2.05) is 32.0 Å². The first kappa shape index (κ1) is 10.2. The predicted octanol–water partition coefficient (Wildman–Crippen LogP) is 2.78. The Balaban J connectivity index is 2.54. The number of hydrogen-bond donors (Lipinski definition) is 0. The molecule has 0 amide bonds. The van der Waals surface area contributed by atoms with E-state index in [1.165, 1.54) is 0 Å². The summed E-state index contributed by atoms with van der Waals surface area (Å²) in [6.45, 7) is 3.84. The monoisotopic (exact) mass is 220 g/mol. The fourth-order valence-electron chi connectivity index (χ4n) is 1.80. The van der Waals surface area contributed by atoms with Gasteiger partial charge in [-0.15, -0.1) is 11.6 Å². The summed E-state index contributed by atoms with van der Waals surface area (Å²) in [4.78, 5) is 11.6. The number of rotatable bonds is 2. The Kier molecular flexibility index (Phi) is 2.53.